The highest BCUT2D eigenvalue weighted by Gasteiger charge is 2.07. The summed E-state index contributed by atoms with van der Waals surface area (Å²) in [6.07, 6.45) is 4.86. The summed E-state index contributed by atoms with van der Waals surface area (Å²) in [6, 6.07) is 1.94. The summed E-state index contributed by atoms with van der Waals surface area (Å²) in [7, 11) is 3.91. The number of rotatable bonds is 7. The second kappa shape index (κ2) is 6.55. The third kappa shape index (κ3) is 3.33. The van der Waals surface area contributed by atoms with Gasteiger partial charge in [0.05, 0.1) is 6.54 Å². The van der Waals surface area contributed by atoms with Crippen LogP contribution in [-0.4, -0.2) is 37.3 Å². The summed E-state index contributed by atoms with van der Waals surface area (Å²) in [5, 5.41) is 16.6. The van der Waals surface area contributed by atoms with Crippen molar-refractivity contribution in [2.45, 2.75) is 24.7 Å². The molecule has 6 nitrogen and oxygen atoms in total. The Bertz CT molecular complexity index is 464. The predicted octanol–water partition coefficient (Wildman–Crippen LogP) is 0.913. The van der Waals surface area contributed by atoms with Gasteiger partial charge in [0, 0.05) is 31.7 Å². The van der Waals surface area contributed by atoms with Gasteiger partial charge < -0.3 is 9.88 Å². The molecule has 18 heavy (non-hydrogen) atoms. The van der Waals surface area contributed by atoms with Gasteiger partial charge in [-0.05, 0) is 19.5 Å². The molecule has 0 aliphatic carbocycles. The average Bonchev–Trinajstić information content (AvgIpc) is 2.98. The normalized spacial score (nSPS) is 11.0. The lowest BCUT2D eigenvalue weighted by Crippen LogP contribution is -2.10. The highest BCUT2D eigenvalue weighted by Crippen LogP contribution is 2.16. The van der Waals surface area contributed by atoms with Crippen molar-refractivity contribution in [2.75, 3.05) is 12.8 Å². The van der Waals surface area contributed by atoms with Gasteiger partial charge in [0.1, 0.15) is 5.82 Å². The Morgan fingerprint density at radius 3 is 3.00 bits per heavy atom. The zero-order valence-electron chi connectivity index (χ0n) is 10.7. The molecule has 7 heteroatoms. The molecule has 0 saturated heterocycles. The van der Waals surface area contributed by atoms with E-state index >= 15 is 0 Å². The molecule has 0 fully saturated rings. The van der Waals surface area contributed by atoms with Crippen molar-refractivity contribution in [2.24, 2.45) is 7.05 Å². The van der Waals surface area contributed by atoms with Crippen LogP contribution in [0, 0.1) is 0 Å². The summed E-state index contributed by atoms with van der Waals surface area (Å²) in [4.78, 5) is 0. The van der Waals surface area contributed by atoms with E-state index in [4.69, 9.17) is 0 Å². The van der Waals surface area contributed by atoms with Crippen LogP contribution < -0.4 is 5.32 Å². The number of hydrogen-bond acceptors (Lipinski definition) is 5. The molecule has 0 spiro atoms. The summed E-state index contributed by atoms with van der Waals surface area (Å²) in [6.45, 7) is 1.69. The van der Waals surface area contributed by atoms with Crippen LogP contribution >= 0.6 is 11.8 Å². The predicted molar refractivity (Wildman–Crippen MR) is 71.3 cm³/mol. The lowest BCUT2D eigenvalue weighted by Gasteiger charge is -2.03. The van der Waals surface area contributed by atoms with Gasteiger partial charge >= 0.3 is 0 Å². The van der Waals surface area contributed by atoms with Gasteiger partial charge in [-0.15, -0.1) is 10.2 Å². The van der Waals surface area contributed by atoms with E-state index in [0.717, 1.165) is 36.2 Å². The molecular formula is C11H18N6S. The van der Waals surface area contributed by atoms with E-state index in [2.05, 4.69) is 20.6 Å². The molecule has 2 aromatic rings. The standard InChI is InChI=1S/C11H18N6S/c1-12-9-10-14-15-11(16(10)2)18-8-4-7-17-6-3-5-13-17/h3,5-6,12H,4,7-9H2,1-2H3. The van der Waals surface area contributed by atoms with Gasteiger partial charge in [0.15, 0.2) is 5.16 Å². The van der Waals surface area contributed by atoms with Crippen LogP contribution in [0.3, 0.4) is 0 Å². The number of hydrogen-bond donors (Lipinski definition) is 1. The fourth-order valence-corrected chi connectivity index (χ4v) is 2.46. The molecule has 2 aromatic heterocycles. The Balaban J connectivity index is 1.76. The Kier molecular flexibility index (Phi) is 4.77. The topological polar surface area (TPSA) is 60.6 Å². The molecule has 0 unspecified atom stereocenters. The molecule has 0 aromatic carbocycles. The number of thioether (sulfide) groups is 1. The van der Waals surface area contributed by atoms with Crippen molar-refractivity contribution in [3.63, 3.8) is 0 Å². The number of aryl methyl sites for hydroxylation is 1. The number of aromatic nitrogens is 5. The zero-order valence-corrected chi connectivity index (χ0v) is 11.5. The molecule has 0 atom stereocenters. The summed E-state index contributed by atoms with van der Waals surface area (Å²) in [5.74, 6) is 1.98. The second-order valence-corrected chi connectivity index (χ2v) is 5.02. The highest BCUT2D eigenvalue weighted by molar-refractivity contribution is 7.99. The van der Waals surface area contributed by atoms with E-state index in [1.165, 1.54) is 0 Å². The minimum atomic E-state index is 0.747. The Morgan fingerprint density at radius 2 is 2.28 bits per heavy atom. The highest BCUT2D eigenvalue weighted by atomic mass is 32.2. The minimum Gasteiger partial charge on any atom is -0.313 e. The first kappa shape index (κ1) is 13.1. The summed E-state index contributed by atoms with van der Waals surface area (Å²) >= 11 is 1.74. The smallest absolute Gasteiger partial charge is 0.190 e. The van der Waals surface area contributed by atoms with Crippen LogP contribution in [0.4, 0.5) is 0 Å². The van der Waals surface area contributed by atoms with E-state index in [-0.39, 0.29) is 0 Å². The van der Waals surface area contributed by atoms with E-state index in [0.29, 0.717) is 0 Å². The second-order valence-electron chi connectivity index (χ2n) is 3.96. The minimum absolute atomic E-state index is 0.747. The van der Waals surface area contributed by atoms with Gasteiger partial charge in [-0.2, -0.15) is 5.10 Å². The first-order valence-electron chi connectivity index (χ1n) is 5.94. The van der Waals surface area contributed by atoms with Crippen LogP contribution in [0.5, 0.6) is 0 Å². The van der Waals surface area contributed by atoms with Crippen molar-refractivity contribution < 1.29 is 0 Å². The van der Waals surface area contributed by atoms with E-state index in [1.54, 1.807) is 18.0 Å². The first-order valence-corrected chi connectivity index (χ1v) is 6.93. The van der Waals surface area contributed by atoms with E-state index in [9.17, 15) is 0 Å². The molecule has 0 aliphatic rings. The molecule has 0 saturated carbocycles. The average molecular weight is 266 g/mol. The fourth-order valence-electron chi connectivity index (χ4n) is 1.61. The van der Waals surface area contributed by atoms with Crippen LogP contribution in [-0.2, 0) is 20.1 Å². The van der Waals surface area contributed by atoms with Crippen molar-refractivity contribution in [1.29, 1.82) is 0 Å². The lowest BCUT2D eigenvalue weighted by molar-refractivity contribution is 0.605. The molecule has 0 radical (unpaired) electrons. The Hall–Kier alpha value is -1.34. The molecule has 98 valence electrons. The maximum absolute atomic E-state index is 4.18. The van der Waals surface area contributed by atoms with Crippen molar-refractivity contribution in [1.82, 2.24) is 29.9 Å². The van der Waals surface area contributed by atoms with Gasteiger partial charge in [0.2, 0.25) is 0 Å². The fraction of sp³-hybridized carbons (Fsp3) is 0.545. The SMILES string of the molecule is CNCc1nnc(SCCCn2cccn2)n1C. The van der Waals surface area contributed by atoms with E-state index in [1.807, 2.05) is 35.6 Å². The summed E-state index contributed by atoms with van der Waals surface area (Å²) in [5.41, 5.74) is 0. The first-order chi connectivity index (χ1) is 8.81. The van der Waals surface area contributed by atoms with E-state index < -0.39 is 0 Å². The lowest BCUT2D eigenvalue weighted by atomic mass is 10.5. The van der Waals surface area contributed by atoms with Gasteiger partial charge in [-0.1, -0.05) is 11.8 Å². The third-order valence-electron chi connectivity index (χ3n) is 2.58. The zero-order chi connectivity index (χ0) is 12.8. The molecule has 1 N–H and O–H groups in total. The van der Waals surface area contributed by atoms with Crippen LogP contribution in [0.2, 0.25) is 0 Å². The number of nitrogens with one attached hydrogen (secondary N) is 1. The van der Waals surface area contributed by atoms with Gasteiger partial charge in [0.25, 0.3) is 0 Å². The maximum atomic E-state index is 4.18. The molecule has 0 aliphatic heterocycles. The molecule has 2 heterocycles. The Labute approximate surface area is 111 Å². The molecular weight excluding hydrogens is 248 g/mol. The third-order valence-corrected chi connectivity index (χ3v) is 3.69. The monoisotopic (exact) mass is 266 g/mol. The van der Waals surface area contributed by atoms with Crippen LogP contribution in [0.1, 0.15) is 12.2 Å². The van der Waals surface area contributed by atoms with Gasteiger partial charge in [-0.3, -0.25) is 4.68 Å². The van der Waals surface area contributed by atoms with Gasteiger partial charge in [-0.25, -0.2) is 0 Å². The van der Waals surface area contributed by atoms with Crippen molar-refractivity contribution in [3.05, 3.63) is 24.3 Å². The van der Waals surface area contributed by atoms with Crippen molar-refractivity contribution >= 4 is 11.8 Å². The largest absolute Gasteiger partial charge is 0.313 e. The molecule has 0 bridgehead atoms. The molecule has 0 amide bonds. The maximum Gasteiger partial charge on any atom is 0.190 e. The van der Waals surface area contributed by atoms with Crippen molar-refractivity contribution in [3.8, 4) is 0 Å². The molecule has 2 rings (SSSR count). The quantitative estimate of drug-likeness (QED) is 0.596. The number of nitrogens with zero attached hydrogens (tertiary/aromatic N) is 5. The Morgan fingerprint density at radius 1 is 1.39 bits per heavy atom. The van der Waals surface area contributed by atoms with Crippen LogP contribution in [0.15, 0.2) is 23.6 Å². The van der Waals surface area contributed by atoms with Crippen LogP contribution in [0.25, 0.3) is 0 Å². The summed E-state index contributed by atoms with van der Waals surface area (Å²) < 4.78 is 3.98.